The van der Waals surface area contributed by atoms with E-state index in [0.29, 0.717) is 12.8 Å². The molecule has 1 heterocycles. The fraction of sp³-hybridized carbons (Fsp3) is 0.562. The topological polar surface area (TPSA) is 83.9 Å². The zero-order valence-corrected chi connectivity index (χ0v) is 14.7. The molecule has 1 aromatic carbocycles. The Morgan fingerprint density at radius 1 is 1.35 bits per heavy atom. The Balaban J connectivity index is 2.56. The largest absolute Gasteiger partial charge is 0.495 e. The van der Waals surface area contributed by atoms with Crippen LogP contribution in [0.5, 0.6) is 5.75 Å². The summed E-state index contributed by atoms with van der Waals surface area (Å²) in [6.45, 7) is 6.17. The van der Waals surface area contributed by atoms with E-state index in [2.05, 4.69) is 0 Å². The number of carbonyl (C=O) groups is 1. The molecule has 0 spiro atoms. The summed E-state index contributed by atoms with van der Waals surface area (Å²) in [5, 5.41) is 9.27. The molecule has 1 aliphatic rings. The molecule has 1 fully saturated rings. The van der Waals surface area contributed by atoms with Crippen molar-refractivity contribution in [1.29, 1.82) is 0 Å². The van der Waals surface area contributed by atoms with Crippen LogP contribution in [0.4, 0.5) is 0 Å². The van der Waals surface area contributed by atoms with Gasteiger partial charge < -0.3 is 9.84 Å². The maximum Gasteiger partial charge on any atom is 0.322 e. The summed E-state index contributed by atoms with van der Waals surface area (Å²) in [5.74, 6) is -0.883. The van der Waals surface area contributed by atoms with Gasteiger partial charge >= 0.3 is 5.97 Å². The second kappa shape index (κ2) is 6.13. The number of aliphatic carboxylic acids is 1. The minimum atomic E-state index is -3.93. The van der Waals surface area contributed by atoms with Crippen molar-refractivity contribution in [2.24, 2.45) is 0 Å². The smallest absolute Gasteiger partial charge is 0.322 e. The minimum absolute atomic E-state index is 0.0283. The molecule has 23 heavy (non-hydrogen) atoms. The molecule has 1 saturated heterocycles. The standard InChI is InChI=1S/C16H23NO5S/c1-16(2,3)11-7-8-13(22-4)14(10-11)23(20,21)17-9-5-6-12(17)15(18)19/h7-8,10,12H,5-6,9H2,1-4H3,(H,18,19)/t12-/m1/s1. The fourth-order valence-electron chi connectivity index (χ4n) is 2.75. The number of sulfonamides is 1. The van der Waals surface area contributed by atoms with Crippen LogP contribution in [-0.4, -0.2) is 43.5 Å². The number of rotatable bonds is 4. The quantitative estimate of drug-likeness (QED) is 0.908. The van der Waals surface area contributed by atoms with E-state index >= 15 is 0 Å². The fourth-order valence-corrected chi connectivity index (χ4v) is 4.58. The summed E-state index contributed by atoms with van der Waals surface area (Å²) in [6.07, 6.45) is 0.868. The lowest BCUT2D eigenvalue weighted by atomic mass is 9.87. The number of carboxylic acids is 1. The van der Waals surface area contributed by atoms with Gasteiger partial charge in [-0.3, -0.25) is 4.79 Å². The van der Waals surface area contributed by atoms with Gasteiger partial charge in [0.2, 0.25) is 10.0 Å². The molecule has 7 heteroatoms. The predicted octanol–water partition coefficient (Wildman–Crippen LogP) is 2.23. The minimum Gasteiger partial charge on any atom is -0.495 e. The van der Waals surface area contributed by atoms with Crippen LogP contribution in [0.15, 0.2) is 23.1 Å². The predicted molar refractivity (Wildman–Crippen MR) is 86.2 cm³/mol. The van der Waals surface area contributed by atoms with E-state index in [0.717, 1.165) is 9.87 Å². The molecule has 2 rings (SSSR count). The normalized spacial score (nSPS) is 19.7. The highest BCUT2D eigenvalue weighted by Gasteiger charge is 2.41. The van der Waals surface area contributed by atoms with Crippen molar-refractivity contribution in [3.63, 3.8) is 0 Å². The van der Waals surface area contributed by atoms with E-state index in [-0.39, 0.29) is 22.6 Å². The maximum atomic E-state index is 13.0. The van der Waals surface area contributed by atoms with Gasteiger partial charge in [0.15, 0.2) is 0 Å². The van der Waals surface area contributed by atoms with E-state index in [4.69, 9.17) is 4.74 Å². The molecule has 0 bridgehead atoms. The van der Waals surface area contributed by atoms with Crippen LogP contribution in [0.3, 0.4) is 0 Å². The van der Waals surface area contributed by atoms with Crippen molar-refractivity contribution in [3.05, 3.63) is 23.8 Å². The van der Waals surface area contributed by atoms with Crippen LogP contribution < -0.4 is 4.74 Å². The highest BCUT2D eigenvalue weighted by atomic mass is 32.2. The third-order valence-electron chi connectivity index (χ3n) is 4.11. The molecule has 1 aliphatic heterocycles. The molecule has 0 amide bonds. The number of methoxy groups -OCH3 is 1. The average molecular weight is 341 g/mol. The van der Waals surface area contributed by atoms with Gasteiger partial charge in [-0.1, -0.05) is 26.8 Å². The Labute approximate surface area is 137 Å². The van der Waals surface area contributed by atoms with Gasteiger partial charge in [0.05, 0.1) is 7.11 Å². The second-order valence-corrected chi connectivity index (χ2v) is 8.59. The third kappa shape index (κ3) is 3.35. The number of hydrogen-bond acceptors (Lipinski definition) is 4. The van der Waals surface area contributed by atoms with E-state index < -0.39 is 22.0 Å². The van der Waals surface area contributed by atoms with Crippen LogP contribution in [0.25, 0.3) is 0 Å². The average Bonchev–Trinajstić information content (AvgIpc) is 2.96. The molecule has 0 aliphatic carbocycles. The van der Waals surface area contributed by atoms with Crippen molar-refractivity contribution in [3.8, 4) is 5.75 Å². The van der Waals surface area contributed by atoms with E-state index in [1.165, 1.54) is 7.11 Å². The highest BCUT2D eigenvalue weighted by Crippen LogP contribution is 2.35. The summed E-state index contributed by atoms with van der Waals surface area (Å²) in [4.78, 5) is 11.4. The van der Waals surface area contributed by atoms with E-state index in [9.17, 15) is 18.3 Å². The lowest BCUT2D eigenvalue weighted by Gasteiger charge is -2.25. The van der Waals surface area contributed by atoms with Gasteiger partial charge in [-0.05, 0) is 36.0 Å². The number of nitrogens with zero attached hydrogens (tertiary/aromatic N) is 1. The Hall–Kier alpha value is -1.60. The molecule has 1 N–H and O–H groups in total. The Bertz CT molecular complexity index is 706. The summed E-state index contributed by atoms with van der Waals surface area (Å²) < 4.78 is 32.3. The van der Waals surface area contributed by atoms with E-state index in [1.54, 1.807) is 12.1 Å². The van der Waals surface area contributed by atoms with Gasteiger partial charge in [0.25, 0.3) is 0 Å². The zero-order chi connectivity index (χ0) is 17.4. The number of hydrogen-bond donors (Lipinski definition) is 1. The molecule has 128 valence electrons. The molecule has 0 aromatic heterocycles. The van der Waals surface area contributed by atoms with Crippen molar-refractivity contribution < 1.29 is 23.1 Å². The first-order chi connectivity index (χ1) is 10.6. The first kappa shape index (κ1) is 17.7. The molecule has 1 aromatic rings. The lowest BCUT2D eigenvalue weighted by molar-refractivity contribution is -0.140. The molecular formula is C16H23NO5S. The summed E-state index contributed by atoms with van der Waals surface area (Å²) in [6, 6.07) is 4.03. The highest BCUT2D eigenvalue weighted by molar-refractivity contribution is 7.89. The Morgan fingerprint density at radius 2 is 2.00 bits per heavy atom. The third-order valence-corrected chi connectivity index (χ3v) is 6.03. The monoisotopic (exact) mass is 341 g/mol. The summed E-state index contributed by atoms with van der Waals surface area (Å²) in [5.41, 5.74) is 0.622. The van der Waals surface area contributed by atoms with Crippen LogP contribution in [0.2, 0.25) is 0 Å². The van der Waals surface area contributed by atoms with Crippen LogP contribution >= 0.6 is 0 Å². The van der Waals surface area contributed by atoms with Gasteiger partial charge in [-0.15, -0.1) is 0 Å². The molecule has 0 radical (unpaired) electrons. The second-order valence-electron chi connectivity index (χ2n) is 6.73. The Kier molecular flexibility index (Phi) is 4.73. The van der Waals surface area contributed by atoms with Crippen LogP contribution in [0, 0.1) is 0 Å². The van der Waals surface area contributed by atoms with Crippen molar-refractivity contribution in [2.75, 3.05) is 13.7 Å². The van der Waals surface area contributed by atoms with Crippen molar-refractivity contribution in [2.45, 2.75) is 50.0 Å². The maximum absolute atomic E-state index is 13.0. The van der Waals surface area contributed by atoms with Gasteiger partial charge in [-0.25, -0.2) is 8.42 Å². The molecule has 6 nitrogen and oxygen atoms in total. The van der Waals surface area contributed by atoms with Crippen molar-refractivity contribution >= 4 is 16.0 Å². The first-order valence-electron chi connectivity index (χ1n) is 7.52. The zero-order valence-electron chi connectivity index (χ0n) is 13.9. The first-order valence-corrected chi connectivity index (χ1v) is 8.96. The summed E-state index contributed by atoms with van der Waals surface area (Å²) >= 11 is 0. The lowest BCUT2D eigenvalue weighted by Crippen LogP contribution is -2.40. The van der Waals surface area contributed by atoms with Gasteiger partial charge in [-0.2, -0.15) is 4.31 Å². The molecular weight excluding hydrogens is 318 g/mol. The van der Waals surface area contributed by atoms with Crippen molar-refractivity contribution in [1.82, 2.24) is 4.31 Å². The molecule has 1 atom stereocenters. The SMILES string of the molecule is COc1ccc(C(C)(C)C)cc1S(=O)(=O)N1CCC[C@@H]1C(=O)O. The van der Waals surface area contributed by atoms with Gasteiger partial charge in [0, 0.05) is 6.54 Å². The number of benzene rings is 1. The summed E-state index contributed by atoms with van der Waals surface area (Å²) in [7, 11) is -2.52. The number of ether oxygens (including phenoxy) is 1. The molecule has 0 unspecified atom stereocenters. The van der Waals surface area contributed by atoms with Gasteiger partial charge in [0.1, 0.15) is 16.7 Å². The van der Waals surface area contributed by atoms with Crippen LogP contribution in [-0.2, 0) is 20.2 Å². The molecule has 0 saturated carbocycles. The van der Waals surface area contributed by atoms with E-state index in [1.807, 2.05) is 26.8 Å². The van der Waals surface area contributed by atoms with Crippen LogP contribution in [0.1, 0.15) is 39.2 Å². The Morgan fingerprint density at radius 3 is 2.52 bits per heavy atom. The number of carboxylic acid groups (broad SMARTS) is 1.